The van der Waals surface area contributed by atoms with Crippen molar-refractivity contribution in [3.05, 3.63) is 12.2 Å². The van der Waals surface area contributed by atoms with E-state index in [0.717, 1.165) is 44.9 Å². The second-order valence-electron chi connectivity index (χ2n) is 22.2. The second kappa shape index (κ2) is 42.4. The minimum Gasteiger partial charge on any atom is -0.394 e. The molecule has 77 heavy (non-hydrogen) atoms. The van der Waals surface area contributed by atoms with Gasteiger partial charge in [0, 0.05) is 6.42 Å². The largest absolute Gasteiger partial charge is 0.394 e. The van der Waals surface area contributed by atoms with Crippen molar-refractivity contribution < 1.29 is 89.4 Å². The van der Waals surface area contributed by atoms with Gasteiger partial charge in [-0.25, -0.2) is 0 Å². The molecule has 0 aromatic carbocycles. The van der Waals surface area contributed by atoms with E-state index in [9.17, 15) is 61.0 Å². The maximum atomic E-state index is 13.3. The number of hydrogen-bond acceptors (Lipinski definition) is 18. The molecule has 0 aromatic rings. The molecule has 3 fully saturated rings. The van der Waals surface area contributed by atoms with Gasteiger partial charge in [0.1, 0.15) is 73.2 Å². The molecule has 17 unspecified atom stereocenters. The summed E-state index contributed by atoms with van der Waals surface area (Å²) >= 11 is 0. The van der Waals surface area contributed by atoms with Gasteiger partial charge in [-0.1, -0.05) is 206 Å². The fraction of sp³-hybridized carbons (Fsp3) is 0.948. The third kappa shape index (κ3) is 26.5. The van der Waals surface area contributed by atoms with Crippen LogP contribution >= 0.6 is 0 Å². The number of rotatable bonds is 45. The number of aliphatic hydroxyl groups is 11. The van der Waals surface area contributed by atoms with E-state index >= 15 is 0 Å². The molecule has 3 rings (SSSR count). The van der Waals surface area contributed by atoms with Crippen molar-refractivity contribution in [2.75, 3.05) is 26.4 Å². The van der Waals surface area contributed by atoms with Crippen molar-refractivity contribution >= 4 is 5.91 Å². The third-order valence-corrected chi connectivity index (χ3v) is 15.6. The number of aliphatic hydroxyl groups excluding tert-OH is 11. The van der Waals surface area contributed by atoms with Crippen molar-refractivity contribution in [3.63, 3.8) is 0 Å². The van der Waals surface area contributed by atoms with Gasteiger partial charge in [-0.2, -0.15) is 0 Å². The minimum absolute atomic E-state index is 0.249. The Morgan fingerprint density at radius 2 is 0.805 bits per heavy atom. The lowest BCUT2D eigenvalue weighted by molar-refractivity contribution is -0.379. The van der Waals surface area contributed by atoms with Crippen LogP contribution in [-0.2, 0) is 33.2 Å². The molecule has 0 bridgehead atoms. The molecule has 3 aliphatic rings. The van der Waals surface area contributed by atoms with Crippen LogP contribution in [-0.4, -0.2) is 193 Å². The van der Waals surface area contributed by atoms with Crippen LogP contribution in [0.25, 0.3) is 0 Å². The van der Waals surface area contributed by atoms with Crippen LogP contribution in [0.1, 0.15) is 219 Å². The van der Waals surface area contributed by atoms with Gasteiger partial charge in [-0.15, -0.1) is 0 Å². The molecule has 0 spiro atoms. The number of amides is 1. The van der Waals surface area contributed by atoms with E-state index in [1.54, 1.807) is 6.08 Å². The molecule has 19 nitrogen and oxygen atoms in total. The summed E-state index contributed by atoms with van der Waals surface area (Å²) in [7, 11) is 0. The quantitative estimate of drug-likeness (QED) is 0.0269. The molecular formula is C58H109NO18. The molecule has 0 aromatic heterocycles. The Bertz CT molecular complexity index is 1460. The minimum atomic E-state index is -1.97. The van der Waals surface area contributed by atoms with Gasteiger partial charge in [-0.05, 0) is 19.3 Å². The Labute approximate surface area is 461 Å². The Kier molecular flexibility index (Phi) is 38.4. The summed E-state index contributed by atoms with van der Waals surface area (Å²) in [6.45, 7) is 1.70. The van der Waals surface area contributed by atoms with Gasteiger partial charge in [0.25, 0.3) is 0 Å². The Morgan fingerprint density at radius 1 is 0.455 bits per heavy atom. The summed E-state index contributed by atoms with van der Waals surface area (Å²) in [6.07, 6.45) is 15.1. The van der Waals surface area contributed by atoms with Crippen LogP contribution in [0.3, 0.4) is 0 Å². The van der Waals surface area contributed by atoms with E-state index in [1.165, 1.54) is 148 Å². The first kappa shape index (κ1) is 69.8. The monoisotopic (exact) mass is 1110 g/mol. The standard InChI is InChI=1S/C58H109NO18/c1-3-5-7-9-11-13-14-15-16-17-18-19-20-21-22-23-24-25-26-28-30-32-34-36-46(64)59-41(42(63)35-33-31-29-27-12-10-8-6-4-2)40-72-56-52(70)49(67)54(44(38-61)74-56)77-58-53(71)50(68)55(45(39-62)75-58)76-57-51(69)48(66)47(65)43(37-60)73-57/h33,35,41-45,47-58,60-63,65-71H,3-32,34,36-40H2,1-2H3,(H,59,64)/b35-33+. The van der Waals surface area contributed by atoms with E-state index in [0.29, 0.717) is 6.42 Å². The maximum absolute atomic E-state index is 13.3. The van der Waals surface area contributed by atoms with E-state index in [2.05, 4.69) is 19.2 Å². The smallest absolute Gasteiger partial charge is 0.220 e. The number of allylic oxidation sites excluding steroid dienone is 1. The molecule has 0 radical (unpaired) electrons. The predicted octanol–water partition coefficient (Wildman–Crippen LogP) is 5.38. The molecule has 0 aliphatic carbocycles. The molecule has 12 N–H and O–H groups in total. The van der Waals surface area contributed by atoms with E-state index in [1.807, 2.05) is 6.08 Å². The molecule has 19 heteroatoms. The average Bonchev–Trinajstić information content (AvgIpc) is 3.43. The van der Waals surface area contributed by atoms with Gasteiger partial charge in [0.2, 0.25) is 5.91 Å². The van der Waals surface area contributed by atoms with E-state index < -0.39 is 124 Å². The second-order valence-corrected chi connectivity index (χ2v) is 22.2. The van der Waals surface area contributed by atoms with Crippen LogP contribution in [0, 0.1) is 0 Å². The van der Waals surface area contributed by atoms with Gasteiger partial charge < -0.3 is 89.9 Å². The zero-order chi connectivity index (χ0) is 56.2. The lowest BCUT2D eigenvalue weighted by Crippen LogP contribution is -2.66. The van der Waals surface area contributed by atoms with Crippen LogP contribution in [0.2, 0.25) is 0 Å². The number of unbranched alkanes of at least 4 members (excludes halogenated alkanes) is 29. The Balaban J connectivity index is 1.43. The Hall–Kier alpha value is -1.47. The highest BCUT2D eigenvalue weighted by atomic mass is 16.8. The van der Waals surface area contributed by atoms with Crippen LogP contribution < -0.4 is 5.32 Å². The van der Waals surface area contributed by atoms with Crippen molar-refractivity contribution in [1.29, 1.82) is 0 Å². The molecule has 454 valence electrons. The highest BCUT2D eigenvalue weighted by molar-refractivity contribution is 5.76. The SMILES string of the molecule is CCCCCCCCC/C=C/C(O)C(COC1OC(CO)C(OC2OC(CO)C(OC3OC(CO)C(O)C(O)C3O)C(O)C2O)C(O)C1O)NC(=O)CCCCCCCCCCCCCCCCCCCCCCCCC. The average molecular weight is 1110 g/mol. The number of ether oxygens (including phenoxy) is 6. The highest BCUT2D eigenvalue weighted by Crippen LogP contribution is 2.33. The van der Waals surface area contributed by atoms with Gasteiger partial charge >= 0.3 is 0 Å². The van der Waals surface area contributed by atoms with Gasteiger partial charge in [-0.3, -0.25) is 4.79 Å². The van der Waals surface area contributed by atoms with Crippen molar-refractivity contribution in [2.24, 2.45) is 0 Å². The topological polar surface area (TPSA) is 307 Å². The number of carbonyl (C=O) groups excluding carboxylic acids is 1. The van der Waals surface area contributed by atoms with Gasteiger partial charge in [0.05, 0.1) is 38.6 Å². The number of carbonyl (C=O) groups is 1. The first-order valence-electron chi connectivity index (χ1n) is 30.4. The molecule has 3 heterocycles. The van der Waals surface area contributed by atoms with Crippen molar-refractivity contribution in [3.8, 4) is 0 Å². The molecule has 0 saturated carbocycles. The van der Waals surface area contributed by atoms with Crippen molar-refractivity contribution in [2.45, 2.75) is 324 Å². The zero-order valence-corrected chi connectivity index (χ0v) is 47.2. The van der Waals surface area contributed by atoms with Gasteiger partial charge in [0.15, 0.2) is 18.9 Å². The lowest BCUT2D eigenvalue weighted by atomic mass is 9.96. The summed E-state index contributed by atoms with van der Waals surface area (Å²) in [5.74, 6) is -0.274. The summed E-state index contributed by atoms with van der Waals surface area (Å²) < 4.78 is 34.2. The zero-order valence-electron chi connectivity index (χ0n) is 47.2. The fourth-order valence-electron chi connectivity index (χ4n) is 10.5. The van der Waals surface area contributed by atoms with Crippen LogP contribution in [0.15, 0.2) is 12.2 Å². The highest BCUT2D eigenvalue weighted by Gasteiger charge is 2.53. The molecule has 3 saturated heterocycles. The first-order chi connectivity index (χ1) is 37.3. The number of hydrogen-bond donors (Lipinski definition) is 12. The predicted molar refractivity (Wildman–Crippen MR) is 291 cm³/mol. The summed E-state index contributed by atoms with van der Waals surface area (Å²) in [5, 5.41) is 120. The van der Waals surface area contributed by atoms with E-state index in [-0.39, 0.29) is 18.9 Å². The maximum Gasteiger partial charge on any atom is 0.220 e. The molecule has 3 aliphatic heterocycles. The molecular weight excluding hydrogens is 999 g/mol. The van der Waals surface area contributed by atoms with Crippen LogP contribution in [0.5, 0.6) is 0 Å². The summed E-state index contributed by atoms with van der Waals surface area (Å²) in [4.78, 5) is 13.3. The normalized spacial score (nSPS) is 30.7. The Morgan fingerprint density at radius 3 is 1.22 bits per heavy atom. The van der Waals surface area contributed by atoms with E-state index in [4.69, 9.17) is 28.4 Å². The lowest BCUT2D eigenvalue weighted by Gasteiger charge is -2.48. The summed E-state index contributed by atoms with van der Waals surface area (Å²) in [5.41, 5.74) is 0. The third-order valence-electron chi connectivity index (χ3n) is 15.6. The van der Waals surface area contributed by atoms with Crippen LogP contribution in [0.4, 0.5) is 0 Å². The number of nitrogens with one attached hydrogen (secondary N) is 1. The van der Waals surface area contributed by atoms with Crippen molar-refractivity contribution in [1.82, 2.24) is 5.32 Å². The fourth-order valence-corrected chi connectivity index (χ4v) is 10.5. The molecule has 17 atom stereocenters. The summed E-state index contributed by atoms with van der Waals surface area (Å²) in [6, 6.07) is -0.965. The first-order valence-corrected chi connectivity index (χ1v) is 30.4. The molecule has 1 amide bonds.